The minimum atomic E-state index is -0.0645. The van der Waals surface area contributed by atoms with Crippen molar-refractivity contribution in [3.05, 3.63) is 29.6 Å². The van der Waals surface area contributed by atoms with Crippen LogP contribution in [0.25, 0.3) is 0 Å². The Kier molecular flexibility index (Phi) is 5.35. The van der Waals surface area contributed by atoms with E-state index >= 15 is 0 Å². The molecule has 1 saturated carbocycles. The first-order valence-electron chi connectivity index (χ1n) is 7.55. The maximum Gasteiger partial charge on any atom is 0.253 e. The first kappa shape index (κ1) is 15.5. The zero-order chi connectivity index (χ0) is 15.2. The van der Waals surface area contributed by atoms with Crippen molar-refractivity contribution in [3.63, 3.8) is 0 Å². The lowest BCUT2D eigenvalue weighted by Gasteiger charge is -2.33. The Morgan fingerprint density at radius 2 is 2.24 bits per heavy atom. The summed E-state index contributed by atoms with van der Waals surface area (Å²) in [5.41, 5.74) is 6.63. The molecule has 4 heteroatoms. The molecule has 112 valence electrons. The SMILES string of the molecule is CC1CCC(NC(=O)c2cncc(C#CCN)c2)C(C)C1. The van der Waals surface area contributed by atoms with Gasteiger partial charge in [-0.15, -0.1) is 0 Å². The van der Waals surface area contributed by atoms with Gasteiger partial charge in [0.1, 0.15) is 0 Å². The van der Waals surface area contributed by atoms with E-state index in [1.54, 1.807) is 18.5 Å². The highest BCUT2D eigenvalue weighted by atomic mass is 16.1. The standard InChI is InChI=1S/C17H23N3O/c1-12-5-6-16(13(2)8-12)20-17(21)15-9-14(4-3-7-18)10-19-11-15/h9-13,16H,5-8,18H2,1-2H3,(H,20,21). The molecule has 0 saturated heterocycles. The van der Waals surface area contributed by atoms with Crippen molar-refractivity contribution in [2.45, 2.75) is 39.2 Å². The van der Waals surface area contributed by atoms with Crippen LogP contribution in [-0.2, 0) is 0 Å². The Morgan fingerprint density at radius 1 is 1.43 bits per heavy atom. The van der Waals surface area contributed by atoms with E-state index in [0.717, 1.165) is 17.9 Å². The summed E-state index contributed by atoms with van der Waals surface area (Å²) in [6.45, 7) is 4.79. The number of nitrogens with one attached hydrogen (secondary N) is 1. The average molecular weight is 285 g/mol. The van der Waals surface area contributed by atoms with E-state index in [0.29, 0.717) is 18.0 Å². The molecule has 4 nitrogen and oxygen atoms in total. The lowest BCUT2D eigenvalue weighted by atomic mass is 9.80. The summed E-state index contributed by atoms with van der Waals surface area (Å²) in [5.74, 6) is 6.88. The van der Waals surface area contributed by atoms with Gasteiger partial charge in [0.15, 0.2) is 0 Å². The number of hydrogen-bond donors (Lipinski definition) is 2. The fourth-order valence-corrected chi connectivity index (χ4v) is 2.92. The van der Waals surface area contributed by atoms with Crippen LogP contribution in [0.2, 0.25) is 0 Å². The van der Waals surface area contributed by atoms with E-state index < -0.39 is 0 Å². The summed E-state index contributed by atoms with van der Waals surface area (Å²) in [4.78, 5) is 16.4. The predicted molar refractivity (Wildman–Crippen MR) is 83.6 cm³/mol. The van der Waals surface area contributed by atoms with E-state index in [1.807, 2.05) is 0 Å². The molecule has 0 aliphatic heterocycles. The molecule has 1 aliphatic carbocycles. The molecular formula is C17H23N3O. The molecule has 2 rings (SSSR count). The van der Waals surface area contributed by atoms with Gasteiger partial charge < -0.3 is 11.1 Å². The number of rotatable bonds is 2. The molecule has 3 atom stereocenters. The van der Waals surface area contributed by atoms with Gasteiger partial charge in [-0.05, 0) is 37.2 Å². The first-order chi connectivity index (χ1) is 10.1. The Balaban J connectivity index is 2.03. The smallest absolute Gasteiger partial charge is 0.253 e. The fourth-order valence-electron chi connectivity index (χ4n) is 2.92. The van der Waals surface area contributed by atoms with Crippen LogP contribution in [0.3, 0.4) is 0 Å². The molecular weight excluding hydrogens is 262 g/mol. The van der Waals surface area contributed by atoms with Gasteiger partial charge in [-0.2, -0.15) is 0 Å². The lowest BCUT2D eigenvalue weighted by molar-refractivity contribution is 0.0899. The fraction of sp³-hybridized carbons (Fsp3) is 0.529. The normalized spacial score (nSPS) is 24.8. The Bertz CT molecular complexity index is 559. The van der Waals surface area contributed by atoms with Gasteiger partial charge in [-0.1, -0.05) is 25.7 Å². The molecule has 0 spiro atoms. The largest absolute Gasteiger partial charge is 0.349 e. The maximum atomic E-state index is 12.3. The van der Waals surface area contributed by atoms with E-state index in [4.69, 9.17) is 5.73 Å². The van der Waals surface area contributed by atoms with Crippen LogP contribution in [0, 0.1) is 23.7 Å². The number of aromatic nitrogens is 1. The van der Waals surface area contributed by atoms with Crippen molar-refractivity contribution in [3.8, 4) is 11.8 Å². The highest BCUT2D eigenvalue weighted by Crippen LogP contribution is 2.28. The minimum Gasteiger partial charge on any atom is -0.349 e. The van der Waals surface area contributed by atoms with Crippen molar-refractivity contribution in [1.29, 1.82) is 0 Å². The van der Waals surface area contributed by atoms with Crippen LogP contribution in [0.4, 0.5) is 0 Å². The predicted octanol–water partition coefficient (Wildman–Crippen LogP) is 1.95. The molecule has 0 bridgehead atoms. The molecule has 1 aromatic heterocycles. The summed E-state index contributed by atoms with van der Waals surface area (Å²) in [5, 5.41) is 3.14. The van der Waals surface area contributed by atoms with Crippen LogP contribution >= 0.6 is 0 Å². The van der Waals surface area contributed by atoms with Gasteiger partial charge in [0.2, 0.25) is 0 Å². The van der Waals surface area contributed by atoms with E-state index in [9.17, 15) is 4.79 Å². The van der Waals surface area contributed by atoms with Crippen LogP contribution < -0.4 is 11.1 Å². The number of carbonyl (C=O) groups is 1. The van der Waals surface area contributed by atoms with Crippen molar-refractivity contribution in [1.82, 2.24) is 10.3 Å². The Morgan fingerprint density at radius 3 is 2.95 bits per heavy atom. The van der Waals surface area contributed by atoms with Gasteiger partial charge in [0.05, 0.1) is 12.1 Å². The van der Waals surface area contributed by atoms with Gasteiger partial charge >= 0.3 is 0 Å². The first-order valence-corrected chi connectivity index (χ1v) is 7.55. The summed E-state index contributed by atoms with van der Waals surface area (Å²) >= 11 is 0. The molecule has 1 amide bonds. The monoisotopic (exact) mass is 285 g/mol. The third-order valence-corrected chi connectivity index (χ3v) is 4.08. The summed E-state index contributed by atoms with van der Waals surface area (Å²) < 4.78 is 0. The van der Waals surface area contributed by atoms with Crippen molar-refractivity contribution >= 4 is 5.91 Å². The van der Waals surface area contributed by atoms with E-state index in [1.165, 1.54) is 12.8 Å². The molecule has 0 aromatic carbocycles. The lowest BCUT2D eigenvalue weighted by Crippen LogP contribution is -2.42. The molecule has 0 radical (unpaired) electrons. The second-order valence-electron chi connectivity index (χ2n) is 5.94. The quantitative estimate of drug-likeness (QED) is 0.816. The van der Waals surface area contributed by atoms with Crippen LogP contribution in [0.5, 0.6) is 0 Å². The van der Waals surface area contributed by atoms with Crippen molar-refractivity contribution in [2.75, 3.05) is 6.54 Å². The second-order valence-corrected chi connectivity index (χ2v) is 5.94. The highest BCUT2D eigenvalue weighted by molar-refractivity contribution is 5.94. The summed E-state index contributed by atoms with van der Waals surface area (Å²) in [6.07, 6.45) is 6.62. The second kappa shape index (κ2) is 7.24. The molecule has 21 heavy (non-hydrogen) atoms. The van der Waals surface area contributed by atoms with Gasteiger partial charge in [-0.3, -0.25) is 9.78 Å². The zero-order valence-electron chi connectivity index (χ0n) is 12.7. The molecule has 3 unspecified atom stereocenters. The third-order valence-electron chi connectivity index (χ3n) is 4.08. The number of carbonyl (C=O) groups excluding carboxylic acids is 1. The Hall–Kier alpha value is -1.86. The number of amides is 1. The molecule has 1 heterocycles. The number of pyridine rings is 1. The number of nitrogens with zero attached hydrogens (tertiary/aromatic N) is 1. The van der Waals surface area contributed by atoms with Crippen molar-refractivity contribution < 1.29 is 4.79 Å². The summed E-state index contributed by atoms with van der Waals surface area (Å²) in [7, 11) is 0. The maximum absolute atomic E-state index is 12.3. The van der Waals surface area contributed by atoms with Crippen molar-refractivity contribution in [2.24, 2.45) is 17.6 Å². The van der Waals surface area contributed by atoms with Gasteiger partial charge in [0, 0.05) is 24.0 Å². The molecule has 1 fully saturated rings. The van der Waals surface area contributed by atoms with Gasteiger partial charge in [-0.25, -0.2) is 0 Å². The van der Waals surface area contributed by atoms with Crippen LogP contribution in [0.15, 0.2) is 18.5 Å². The molecule has 3 N–H and O–H groups in total. The minimum absolute atomic E-state index is 0.0645. The van der Waals surface area contributed by atoms with Crippen LogP contribution in [-0.4, -0.2) is 23.5 Å². The Labute approximate surface area is 126 Å². The number of hydrogen-bond acceptors (Lipinski definition) is 3. The summed E-state index contributed by atoms with van der Waals surface area (Å²) in [6, 6.07) is 2.02. The van der Waals surface area contributed by atoms with Crippen LogP contribution in [0.1, 0.15) is 49.0 Å². The van der Waals surface area contributed by atoms with Gasteiger partial charge in [0.25, 0.3) is 5.91 Å². The topological polar surface area (TPSA) is 68.0 Å². The average Bonchev–Trinajstić information content (AvgIpc) is 2.48. The van der Waals surface area contributed by atoms with E-state index in [-0.39, 0.29) is 11.9 Å². The highest BCUT2D eigenvalue weighted by Gasteiger charge is 2.26. The zero-order valence-corrected chi connectivity index (χ0v) is 12.7. The third kappa shape index (κ3) is 4.30. The molecule has 1 aromatic rings. The molecule has 1 aliphatic rings. The van der Waals surface area contributed by atoms with E-state index in [2.05, 4.69) is 36.0 Å². The number of nitrogens with two attached hydrogens (primary N) is 1.